The summed E-state index contributed by atoms with van der Waals surface area (Å²) in [7, 11) is 2.05. The molecule has 2 heterocycles. The molecule has 9 nitrogen and oxygen atoms in total. The van der Waals surface area contributed by atoms with Gasteiger partial charge >= 0.3 is 5.97 Å². The summed E-state index contributed by atoms with van der Waals surface area (Å²) in [5.41, 5.74) is 0.328. The van der Waals surface area contributed by atoms with Crippen molar-refractivity contribution in [2.45, 2.75) is 12.8 Å². The number of nitrogens with one attached hydrogen (secondary N) is 1. The molecule has 0 aromatic rings. The van der Waals surface area contributed by atoms with Crippen molar-refractivity contribution >= 4 is 23.6 Å². The Bertz CT molecular complexity index is 650. The largest absolute Gasteiger partial charge is 0.480 e. The normalized spacial score (nSPS) is 22.6. The molecule has 0 spiro atoms. The predicted molar refractivity (Wildman–Crippen MR) is 97.8 cm³/mol. The fraction of sp³-hybridized carbons (Fsp3) is 0.556. The number of hydrogen-bond donors (Lipinski definition) is 2. The lowest BCUT2D eigenvalue weighted by Gasteiger charge is -2.31. The summed E-state index contributed by atoms with van der Waals surface area (Å²) < 4.78 is 0. The molecule has 0 radical (unpaired) electrons. The highest BCUT2D eigenvalue weighted by Crippen LogP contribution is 2.12. The molecule has 1 fully saturated rings. The van der Waals surface area contributed by atoms with Gasteiger partial charge in [0.1, 0.15) is 6.54 Å². The maximum Gasteiger partial charge on any atom is 0.323 e. The number of carbonyl (C=O) groups excluding carboxylic acids is 3. The van der Waals surface area contributed by atoms with Crippen molar-refractivity contribution in [2.24, 2.45) is 0 Å². The number of rotatable bonds is 7. The molecule has 2 amide bonds. The number of hydrogen-bond acceptors (Lipinski definition) is 6. The molecular formula is C18H26N4O5. The summed E-state index contributed by atoms with van der Waals surface area (Å²) in [6.07, 6.45) is 4.23. The van der Waals surface area contributed by atoms with Crippen molar-refractivity contribution in [3.8, 4) is 0 Å². The van der Waals surface area contributed by atoms with Crippen LogP contribution in [0.2, 0.25) is 0 Å². The monoisotopic (exact) mass is 378 g/mol. The van der Waals surface area contributed by atoms with E-state index in [0.29, 0.717) is 12.1 Å². The lowest BCUT2D eigenvalue weighted by molar-refractivity contribution is -0.141. The summed E-state index contributed by atoms with van der Waals surface area (Å²) in [6, 6.07) is 0. The van der Waals surface area contributed by atoms with E-state index < -0.39 is 18.4 Å². The van der Waals surface area contributed by atoms with Crippen LogP contribution in [0.4, 0.5) is 0 Å². The fourth-order valence-electron chi connectivity index (χ4n) is 2.89. The molecule has 0 bridgehead atoms. The third kappa shape index (κ3) is 6.95. The maximum atomic E-state index is 12.5. The lowest BCUT2D eigenvalue weighted by Crippen LogP contribution is -2.48. The van der Waals surface area contributed by atoms with Crippen LogP contribution in [0.5, 0.6) is 0 Å². The van der Waals surface area contributed by atoms with Gasteiger partial charge in [-0.05, 0) is 19.5 Å². The molecule has 0 aliphatic carbocycles. The molecule has 27 heavy (non-hydrogen) atoms. The van der Waals surface area contributed by atoms with Gasteiger partial charge in [0.15, 0.2) is 5.78 Å². The fourth-order valence-corrected chi connectivity index (χ4v) is 2.89. The number of allylic oxidation sites excluding steroid dienone is 2. The smallest absolute Gasteiger partial charge is 0.323 e. The minimum absolute atomic E-state index is 0.0771. The predicted octanol–water partition coefficient (Wildman–Crippen LogP) is -0.934. The standard InChI is InChI=1S/C18H26N4O5/c1-20-8-10-21(11-9-20)12-16(24)19-6-4-14-2-3-15(23)5-7-22(18(14)27)13-17(25)26/h2,5,7H,3-4,6,8-13H2,1H3,(H,19,24)(H,25,26)/b7-5-,14-2+. The molecule has 0 aromatic heterocycles. The molecule has 0 unspecified atom stereocenters. The Kier molecular flexibility index (Phi) is 7.68. The van der Waals surface area contributed by atoms with Gasteiger partial charge in [-0.2, -0.15) is 0 Å². The third-order valence-corrected chi connectivity index (χ3v) is 4.51. The number of piperazine rings is 1. The van der Waals surface area contributed by atoms with E-state index in [2.05, 4.69) is 15.1 Å². The van der Waals surface area contributed by atoms with Crippen molar-refractivity contribution < 1.29 is 24.3 Å². The highest BCUT2D eigenvalue weighted by Gasteiger charge is 2.21. The Labute approximate surface area is 158 Å². The molecule has 2 aliphatic heterocycles. The molecule has 148 valence electrons. The lowest BCUT2D eigenvalue weighted by atomic mass is 10.1. The van der Waals surface area contributed by atoms with Crippen LogP contribution in [-0.2, 0) is 19.2 Å². The second-order valence-electron chi connectivity index (χ2n) is 6.72. The first-order valence-electron chi connectivity index (χ1n) is 8.95. The topological polar surface area (TPSA) is 110 Å². The molecule has 0 atom stereocenters. The average Bonchev–Trinajstić information content (AvgIpc) is 2.61. The first kappa shape index (κ1) is 20.8. The van der Waals surface area contributed by atoms with Crippen LogP contribution in [-0.4, -0.2) is 96.2 Å². The van der Waals surface area contributed by atoms with Gasteiger partial charge in [0.25, 0.3) is 5.91 Å². The van der Waals surface area contributed by atoms with E-state index >= 15 is 0 Å². The van der Waals surface area contributed by atoms with E-state index in [0.717, 1.165) is 31.1 Å². The van der Waals surface area contributed by atoms with Crippen LogP contribution in [0.1, 0.15) is 12.8 Å². The van der Waals surface area contributed by atoms with Crippen LogP contribution in [0.3, 0.4) is 0 Å². The zero-order chi connectivity index (χ0) is 19.8. The highest BCUT2D eigenvalue weighted by molar-refractivity contribution is 6.00. The van der Waals surface area contributed by atoms with Gasteiger partial charge in [-0.25, -0.2) is 0 Å². The molecule has 2 N–H and O–H groups in total. The minimum atomic E-state index is -1.17. The third-order valence-electron chi connectivity index (χ3n) is 4.51. The number of carboxylic acids is 1. The van der Waals surface area contributed by atoms with Gasteiger partial charge in [-0.15, -0.1) is 0 Å². The molecule has 0 aromatic carbocycles. The van der Waals surface area contributed by atoms with Crippen LogP contribution in [0.15, 0.2) is 23.9 Å². The summed E-state index contributed by atoms with van der Waals surface area (Å²) in [6.45, 7) is 3.58. The molecule has 0 saturated carbocycles. The maximum absolute atomic E-state index is 12.5. The van der Waals surface area contributed by atoms with E-state index in [1.54, 1.807) is 0 Å². The number of ketones is 1. The van der Waals surface area contributed by atoms with Crippen LogP contribution >= 0.6 is 0 Å². The zero-order valence-corrected chi connectivity index (χ0v) is 15.5. The Morgan fingerprint density at radius 1 is 1.15 bits per heavy atom. The number of carboxylic acid groups (broad SMARTS) is 1. The molecule has 2 aliphatic rings. The number of likely N-dealkylation sites (N-methyl/N-ethyl adjacent to an activating group) is 1. The molecule has 2 rings (SSSR count). The van der Waals surface area contributed by atoms with E-state index in [9.17, 15) is 19.2 Å². The Balaban J connectivity index is 1.84. The van der Waals surface area contributed by atoms with Crippen molar-refractivity contribution in [3.63, 3.8) is 0 Å². The first-order chi connectivity index (χ1) is 12.8. The van der Waals surface area contributed by atoms with Gasteiger partial charge in [-0.1, -0.05) is 6.08 Å². The molecule has 9 heteroatoms. The second kappa shape index (κ2) is 9.98. The van der Waals surface area contributed by atoms with Crippen molar-refractivity contribution in [1.82, 2.24) is 20.0 Å². The van der Waals surface area contributed by atoms with E-state index in [-0.39, 0.29) is 31.1 Å². The van der Waals surface area contributed by atoms with Crippen molar-refractivity contribution in [1.29, 1.82) is 0 Å². The Morgan fingerprint density at radius 2 is 1.85 bits per heavy atom. The number of amides is 2. The van der Waals surface area contributed by atoms with Gasteiger partial charge < -0.3 is 20.2 Å². The minimum Gasteiger partial charge on any atom is -0.480 e. The highest BCUT2D eigenvalue weighted by atomic mass is 16.4. The summed E-state index contributed by atoms with van der Waals surface area (Å²) in [5.74, 6) is -1.96. The van der Waals surface area contributed by atoms with Gasteiger partial charge in [0, 0.05) is 50.9 Å². The first-order valence-corrected chi connectivity index (χ1v) is 8.95. The summed E-state index contributed by atoms with van der Waals surface area (Å²) in [4.78, 5) is 52.4. The van der Waals surface area contributed by atoms with Gasteiger partial charge in [-0.3, -0.25) is 24.1 Å². The van der Waals surface area contributed by atoms with Gasteiger partial charge in [0.2, 0.25) is 5.91 Å². The van der Waals surface area contributed by atoms with Crippen molar-refractivity contribution in [2.75, 3.05) is 52.9 Å². The van der Waals surface area contributed by atoms with Crippen LogP contribution < -0.4 is 5.32 Å². The van der Waals surface area contributed by atoms with E-state index in [1.807, 2.05) is 7.05 Å². The van der Waals surface area contributed by atoms with Crippen LogP contribution in [0, 0.1) is 0 Å². The SMILES string of the molecule is CN1CCN(CC(=O)NCC/C2=C\CC(=O)/C=C\N(CC(=O)O)C2=O)CC1. The summed E-state index contributed by atoms with van der Waals surface area (Å²) in [5, 5.41) is 11.7. The number of aliphatic carboxylic acids is 1. The molecular weight excluding hydrogens is 352 g/mol. The van der Waals surface area contributed by atoms with Crippen LogP contribution in [0.25, 0.3) is 0 Å². The van der Waals surface area contributed by atoms with Crippen molar-refractivity contribution in [3.05, 3.63) is 23.9 Å². The Morgan fingerprint density at radius 3 is 2.52 bits per heavy atom. The second-order valence-corrected chi connectivity index (χ2v) is 6.72. The molecule has 1 saturated heterocycles. The Hall–Kier alpha value is -2.52. The van der Waals surface area contributed by atoms with E-state index in [4.69, 9.17) is 5.11 Å². The number of nitrogens with zero attached hydrogens (tertiary/aromatic N) is 3. The average molecular weight is 378 g/mol. The zero-order valence-electron chi connectivity index (χ0n) is 15.5. The van der Waals surface area contributed by atoms with E-state index in [1.165, 1.54) is 18.4 Å². The van der Waals surface area contributed by atoms with Gasteiger partial charge in [0.05, 0.1) is 6.54 Å². The summed E-state index contributed by atoms with van der Waals surface area (Å²) >= 11 is 0. The quantitative estimate of drug-likeness (QED) is 0.589. The number of carbonyl (C=O) groups is 4.